The third-order valence-corrected chi connectivity index (χ3v) is 4.56. The van der Waals surface area contributed by atoms with Gasteiger partial charge in [-0.05, 0) is 29.9 Å². The number of benzene rings is 1. The summed E-state index contributed by atoms with van der Waals surface area (Å²) in [5.74, 6) is 1.16. The van der Waals surface area contributed by atoms with Gasteiger partial charge in [-0.3, -0.25) is 0 Å². The zero-order chi connectivity index (χ0) is 11.8. The van der Waals surface area contributed by atoms with E-state index < -0.39 is 0 Å². The van der Waals surface area contributed by atoms with E-state index in [-0.39, 0.29) is 0 Å². The van der Waals surface area contributed by atoms with Crippen molar-refractivity contribution in [2.24, 2.45) is 0 Å². The molecule has 0 atom stereocenters. The highest BCUT2D eigenvalue weighted by Crippen LogP contribution is 2.35. The van der Waals surface area contributed by atoms with E-state index in [2.05, 4.69) is 43.5 Å². The van der Waals surface area contributed by atoms with Crippen LogP contribution >= 0.6 is 11.3 Å². The topological polar surface area (TPSA) is 12.9 Å². The number of aromatic nitrogens is 1. The SMILES string of the molecule is CC(C)c1csc(C2Cc3ccccc3C2)n1. The fourth-order valence-corrected chi connectivity index (χ4v) is 3.57. The van der Waals surface area contributed by atoms with Crippen LogP contribution in [0, 0.1) is 0 Å². The maximum atomic E-state index is 4.79. The Morgan fingerprint density at radius 1 is 1.18 bits per heavy atom. The Bertz CT molecular complexity index is 502. The quantitative estimate of drug-likeness (QED) is 0.772. The zero-order valence-electron chi connectivity index (χ0n) is 10.3. The first-order chi connectivity index (χ1) is 8.24. The van der Waals surface area contributed by atoms with E-state index in [0.29, 0.717) is 11.8 Å². The van der Waals surface area contributed by atoms with E-state index in [1.807, 2.05) is 11.3 Å². The average Bonchev–Trinajstić information content (AvgIpc) is 2.95. The second-order valence-corrected chi connectivity index (χ2v) is 6.03. The molecule has 0 amide bonds. The summed E-state index contributed by atoms with van der Waals surface area (Å²) in [6.45, 7) is 4.42. The van der Waals surface area contributed by atoms with Crippen molar-refractivity contribution in [2.45, 2.75) is 38.5 Å². The standard InChI is InChI=1S/C15H17NS/c1-10(2)14-9-17-15(16-14)13-7-11-5-3-4-6-12(11)8-13/h3-6,9-10,13H,7-8H2,1-2H3. The number of hydrogen-bond acceptors (Lipinski definition) is 2. The van der Waals surface area contributed by atoms with Gasteiger partial charge in [0.1, 0.15) is 0 Å². The minimum Gasteiger partial charge on any atom is -0.246 e. The Morgan fingerprint density at radius 3 is 2.35 bits per heavy atom. The van der Waals surface area contributed by atoms with Gasteiger partial charge in [-0.15, -0.1) is 11.3 Å². The lowest BCUT2D eigenvalue weighted by atomic mass is 10.1. The molecule has 0 fully saturated rings. The van der Waals surface area contributed by atoms with Crippen molar-refractivity contribution in [1.29, 1.82) is 0 Å². The van der Waals surface area contributed by atoms with E-state index in [0.717, 1.165) is 0 Å². The van der Waals surface area contributed by atoms with E-state index in [1.54, 1.807) is 0 Å². The first-order valence-electron chi connectivity index (χ1n) is 6.26. The summed E-state index contributed by atoms with van der Waals surface area (Å²) in [6.07, 6.45) is 2.34. The van der Waals surface area contributed by atoms with Gasteiger partial charge in [0.15, 0.2) is 0 Å². The minimum absolute atomic E-state index is 0.545. The van der Waals surface area contributed by atoms with Crippen molar-refractivity contribution < 1.29 is 0 Å². The Kier molecular flexibility index (Phi) is 2.75. The molecule has 0 aliphatic heterocycles. The molecule has 0 saturated carbocycles. The van der Waals surface area contributed by atoms with Gasteiger partial charge in [-0.1, -0.05) is 38.1 Å². The summed E-state index contributed by atoms with van der Waals surface area (Å²) in [5.41, 5.74) is 4.28. The van der Waals surface area contributed by atoms with Crippen LogP contribution in [0.4, 0.5) is 0 Å². The minimum atomic E-state index is 0.545. The van der Waals surface area contributed by atoms with Crippen LogP contribution in [0.5, 0.6) is 0 Å². The summed E-state index contributed by atoms with van der Waals surface area (Å²) in [4.78, 5) is 4.79. The zero-order valence-corrected chi connectivity index (χ0v) is 11.1. The molecule has 1 aliphatic rings. The number of hydrogen-bond donors (Lipinski definition) is 0. The van der Waals surface area contributed by atoms with Crippen molar-refractivity contribution >= 4 is 11.3 Å². The second-order valence-electron chi connectivity index (χ2n) is 5.14. The molecule has 1 heterocycles. The van der Waals surface area contributed by atoms with Crippen molar-refractivity contribution in [1.82, 2.24) is 4.98 Å². The number of rotatable bonds is 2. The normalized spacial score (nSPS) is 15.5. The molecular weight excluding hydrogens is 226 g/mol. The molecule has 1 aromatic carbocycles. The molecule has 2 heteroatoms. The van der Waals surface area contributed by atoms with Crippen LogP contribution in [0.3, 0.4) is 0 Å². The first-order valence-corrected chi connectivity index (χ1v) is 7.14. The lowest BCUT2D eigenvalue weighted by Gasteiger charge is -2.04. The molecule has 0 radical (unpaired) electrons. The van der Waals surface area contributed by atoms with Crippen molar-refractivity contribution in [3.05, 3.63) is 51.5 Å². The maximum absolute atomic E-state index is 4.79. The van der Waals surface area contributed by atoms with Crippen LogP contribution in [0.1, 0.15) is 47.5 Å². The summed E-state index contributed by atoms with van der Waals surface area (Å²) < 4.78 is 0. The van der Waals surface area contributed by atoms with Crippen LogP contribution in [-0.2, 0) is 12.8 Å². The van der Waals surface area contributed by atoms with Gasteiger partial charge in [-0.25, -0.2) is 4.98 Å². The van der Waals surface area contributed by atoms with Gasteiger partial charge in [-0.2, -0.15) is 0 Å². The fraction of sp³-hybridized carbons (Fsp3) is 0.400. The van der Waals surface area contributed by atoms with E-state index in [4.69, 9.17) is 4.98 Å². The molecule has 0 spiro atoms. The predicted molar refractivity (Wildman–Crippen MR) is 72.8 cm³/mol. The van der Waals surface area contributed by atoms with Gasteiger partial charge in [0.05, 0.1) is 10.7 Å². The average molecular weight is 243 g/mol. The summed E-state index contributed by atoms with van der Waals surface area (Å²) in [6, 6.07) is 8.80. The smallest absolute Gasteiger partial charge is 0.0966 e. The van der Waals surface area contributed by atoms with Crippen molar-refractivity contribution in [3.63, 3.8) is 0 Å². The molecule has 0 saturated heterocycles. The van der Waals surface area contributed by atoms with Gasteiger partial charge < -0.3 is 0 Å². The maximum Gasteiger partial charge on any atom is 0.0966 e. The van der Waals surface area contributed by atoms with E-state index in [9.17, 15) is 0 Å². The molecule has 0 bridgehead atoms. The van der Waals surface area contributed by atoms with Crippen LogP contribution in [0.15, 0.2) is 29.6 Å². The molecule has 3 rings (SSSR count). The van der Waals surface area contributed by atoms with Gasteiger partial charge in [0.25, 0.3) is 0 Å². The van der Waals surface area contributed by atoms with E-state index >= 15 is 0 Å². The molecule has 17 heavy (non-hydrogen) atoms. The predicted octanol–water partition coefficient (Wildman–Crippen LogP) is 4.15. The highest BCUT2D eigenvalue weighted by molar-refractivity contribution is 7.09. The second kappa shape index (κ2) is 4.26. The third kappa shape index (κ3) is 2.02. The highest BCUT2D eigenvalue weighted by atomic mass is 32.1. The monoisotopic (exact) mass is 243 g/mol. The molecule has 1 aromatic heterocycles. The number of fused-ring (bicyclic) bond motifs is 1. The molecule has 0 N–H and O–H groups in total. The molecule has 0 unspecified atom stereocenters. The largest absolute Gasteiger partial charge is 0.246 e. The summed E-state index contributed by atoms with van der Waals surface area (Å²) in [7, 11) is 0. The van der Waals surface area contributed by atoms with Gasteiger partial charge >= 0.3 is 0 Å². The Morgan fingerprint density at radius 2 is 1.82 bits per heavy atom. The summed E-state index contributed by atoms with van der Waals surface area (Å²) in [5, 5.41) is 3.55. The van der Waals surface area contributed by atoms with Crippen LogP contribution in [0.2, 0.25) is 0 Å². The molecule has 1 aliphatic carbocycles. The van der Waals surface area contributed by atoms with Crippen LogP contribution in [0.25, 0.3) is 0 Å². The Hall–Kier alpha value is -1.15. The fourth-order valence-electron chi connectivity index (χ4n) is 2.49. The highest BCUT2D eigenvalue weighted by Gasteiger charge is 2.24. The Balaban J connectivity index is 1.84. The number of nitrogens with zero attached hydrogens (tertiary/aromatic N) is 1. The van der Waals surface area contributed by atoms with Crippen molar-refractivity contribution in [2.75, 3.05) is 0 Å². The lowest BCUT2D eigenvalue weighted by Crippen LogP contribution is -1.98. The lowest BCUT2D eigenvalue weighted by molar-refractivity contribution is 0.720. The third-order valence-electron chi connectivity index (χ3n) is 3.53. The molecule has 88 valence electrons. The molecule has 2 aromatic rings. The first kappa shape index (κ1) is 11.0. The van der Waals surface area contributed by atoms with Crippen LogP contribution in [-0.4, -0.2) is 4.98 Å². The van der Waals surface area contributed by atoms with Gasteiger partial charge in [0, 0.05) is 11.3 Å². The summed E-state index contributed by atoms with van der Waals surface area (Å²) >= 11 is 1.83. The molecular formula is C15H17NS. The van der Waals surface area contributed by atoms with Crippen LogP contribution < -0.4 is 0 Å². The van der Waals surface area contributed by atoms with Crippen molar-refractivity contribution in [3.8, 4) is 0 Å². The van der Waals surface area contributed by atoms with Gasteiger partial charge in [0.2, 0.25) is 0 Å². The Labute approximate surface area is 107 Å². The molecule has 1 nitrogen and oxygen atoms in total. The van der Waals surface area contributed by atoms with E-state index in [1.165, 1.54) is 34.7 Å². The number of thiazole rings is 1.